The van der Waals surface area contributed by atoms with E-state index in [9.17, 15) is 14.4 Å². The number of aliphatic carboxylic acids is 1. The molecule has 6 nitrogen and oxygen atoms in total. The zero-order valence-corrected chi connectivity index (χ0v) is 12.6. The van der Waals surface area contributed by atoms with Crippen LogP contribution in [0.5, 0.6) is 0 Å². The van der Waals surface area contributed by atoms with Crippen molar-refractivity contribution in [2.75, 3.05) is 13.6 Å². The number of hydrogen-bond donors (Lipinski definition) is 3. The highest BCUT2D eigenvalue weighted by atomic mass is 16.4. The molecule has 0 aromatic carbocycles. The molecular weight excluding hydrogens is 260 g/mol. The van der Waals surface area contributed by atoms with Crippen molar-refractivity contribution < 1.29 is 19.5 Å². The molecule has 6 heteroatoms. The van der Waals surface area contributed by atoms with Crippen molar-refractivity contribution >= 4 is 17.7 Å². The Morgan fingerprint density at radius 1 is 1.10 bits per heavy atom. The van der Waals surface area contributed by atoms with Gasteiger partial charge < -0.3 is 15.7 Å². The maximum Gasteiger partial charge on any atom is 0.303 e. The first-order valence-electron chi connectivity index (χ1n) is 7.08. The Bertz CT molecular complexity index is 329. The predicted molar refractivity (Wildman–Crippen MR) is 76.4 cm³/mol. The van der Waals surface area contributed by atoms with Gasteiger partial charge in [0.15, 0.2) is 5.78 Å². The normalized spacial score (nSPS) is 12.2. The Morgan fingerprint density at radius 3 is 2.25 bits per heavy atom. The van der Waals surface area contributed by atoms with E-state index in [0.29, 0.717) is 6.54 Å². The molecule has 1 atom stereocenters. The van der Waals surface area contributed by atoms with Crippen LogP contribution in [0.2, 0.25) is 0 Å². The molecule has 1 amide bonds. The molecule has 0 radical (unpaired) electrons. The molecule has 0 fully saturated rings. The van der Waals surface area contributed by atoms with Crippen molar-refractivity contribution in [3.8, 4) is 0 Å². The topological polar surface area (TPSA) is 95.5 Å². The number of nitrogens with one attached hydrogen (secondary N) is 2. The maximum atomic E-state index is 11.8. The number of carbonyl (C=O) groups excluding carboxylic acids is 2. The van der Waals surface area contributed by atoms with E-state index in [-0.39, 0.29) is 36.5 Å². The lowest BCUT2D eigenvalue weighted by Gasteiger charge is -2.17. The molecule has 0 rings (SSSR count). The first kappa shape index (κ1) is 18.6. The van der Waals surface area contributed by atoms with Crippen LogP contribution < -0.4 is 10.6 Å². The smallest absolute Gasteiger partial charge is 0.303 e. The minimum absolute atomic E-state index is 0.0142. The molecule has 116 valence electrons. The molecule has 20 heavy (non-hydrogen) atoms. The van der Waals surface area contributed by atoms with E-state index in [2.05, 4.69) is 10.6 Å². The number of carboxylic acids is 1. The lowest BCUT2D eigenvalue weighted by atomic mass is 9.97. The molecule has 0 bridgehead atoms. The van der Waals surface area contributed by atoms with E-state index < -0.39 is 5.97 Å². The molecule has 0 spiro atoms. The summed E-state index contributed by atoms with van der Waals surface area (Å²) in [5.41, 5.74) is 0. The molecule has 0 aliphatic heterocycles. The minimum atomic E-state index is -0.968. The maximum absolute atomic E-state index is 11.8. The molecule has 0 saturated carbocycles. The molecular formula is C14H26N2O4. The van der Waals surface area contributed by atoms with Crippen molar-refractivity contribution in [3.05, 3.63) is 0 Å². The van der Waals surface area contributed by atoms with Gasteiger partial charge in [-0.15, -0.1) is 0 Å². The van der Waals surface area contributed by atoms with Crippen LogP contribution in [0, 0.1) is 5.92 Å². The van der Waals surface area contributed by atoms with Gasteiger partial charge in [-0.3, -0.25) is 14.4 Å². The summed E-state index contributed by atoms with van der Waals surface area (Å²) in [7, 11) is 1.78. The number of Topliss-reactive ketones (excluding diaryl/α,β-unsaturated/α-hetero) is 1. The number of carboxylic acid groups (broad SMARTS) is 1. The third-order valence-electron chi connectivity index (χ3n) is 3.07. The van der Waals surface area contributed by atoms with Crippen LogP contribution in [0.1, 0.15) is 46.0 Å². The van der Waals surface area contributed by atoms with Gasteiger partial charge in [0, 0.05) is 18.9 Å². The standard InChI is InChI=1S/C14H26N2O4/c1-10(2)14(20)11(15-3)6-4-5-9-16-12(17)7-8-13(18)19/h10-11,15H,4-9H2,1-3H3,(H,16,17)(H,18,19). The van der Waals surface area contributed by atoms with Crippen molar-refractivity contribution in [1.82, 2.24) is 10.6 Å². The Hall–Kier alpha value is -1.43. The molecule has 0 saturated heterocycles. The molecule has 0 aromatic heterocycles. The minimum Gasteiger partial charge on any atom is -0.481 e. The Labute approximate surface area is 120 Å². The van der Waals surface area contributed by atoms with E-state index >= 15 is 0 Å². The molecule has 0 heterocycles. The third kappa shape index (κ3) is 8.63. The van der Waals surface area contributed by atoms with Gasteiger partial charge in [0.2, 0.25) is 5.91 Å². The molecule has 1 unspecified atom stereocenters. The van der Waals surface area contributed by atoms with Crippen LogP contribution in [-0.2, 0) is 14.4 Å². The van der Waals surface area contributed by atoms with Crippen LogP contribution in [-0.4, -0.2) is 42.4 Å². The van der Waals surface area contributed by atoms with Crippen LogP contribution in [0.3, 0.4) is 0 Å². The summed E-state index contributed by atoms with van der Waals surface area (Å²) >= 11 is 0. The third-order valence-corrected chi connectivity index (χ3v) is 3.07. The van der Waals surface area contributed by atoms with Crippen molar-refractivity contribution in [2.24, 2.45) is 5.92 Å². The van der Waals surface area contributed by atoms with E-state index in [4.69, 9.17) is 5.11 Å². The average Bonchev–Trinajstić information content (AvgIpc) is 2.39. The number of amides is 1. The zero-order chi connectivity index (χ0) is 15.5. The summed E-state index contributed by atoms with van der Waals surface area (Å²) in [5.74, 6) is -0.985. The Balaban J connectivity index is 3.72. The molecule has 0 aliphatic rings. The summed E-state index contributed by atoms with van der Waals surface area (Å²) in [6.45, 7) is 4.29. The van der Waals surface area contributed by atoms with Gasteiger partial charge in [0.05, 0.1) is 12.5 Å². The second-order valence-electron chi connectivity index (χ2n) is 5.14. The number of hydrogen-bond acceptors (Lipinski definition) is 4. The number of carbonyl (C=O) groups is 3. The Kier molecular flexibility index (Phi) is 9.63. The van der Waals surface area contributed by atoms with Gasteiger partial charge in [0.25, 0.3) is 0 Å². The zero-order valence-electron chi connectivity index (χ0n) is 12.6. The number of unbranched alkanes of at least 4 members (excludes halogenated alkanes) is 1. The van der Waals surface area contributed by atoms with Crippen LogP contribution in [0.4, 0.5) is 0 Å². The number of likely N-dealkylation sites (N-methyl/N-ethyl adjacent to an activating group) is 1. The SMILES string of the molecule is CNC(CCCCNC(=O)CCC(=O)O)C(=O)C(C)C. The van der Waals surface area contributed by atoms with Gasteiger partial charge in [-0.05, 0) is 26.3 Å². The first-order chi connectivity index (χ1) is 9.38. The largest absolute Gasteiger partial charge is 0.481 e. The molecule has 0 aromatic rings. The highest BCUT2D eigenvalue weighted by molar-refractivity contribution is 5.85. The van der Waals surface area contributed by atoms with Crippen LogP contribution in [0.25, 0.3) is 0 Å². The van der Waals surface area contributed by atoms with Gasteiger partial charge >= 0.3 is 5.97 Å². The lowest BCUT2D eigenvalue weighted by Crippen LogP contribution is -2.36. The fraction of sp³-hybridized carbons (Fsp3) is 0.786. The molecule has 3 N–H and O–H groups in total. The fourth-order valence-corrected chi connectivity index (χ4v) is 1.84. The van der Waals surface area contributed by atoms with E-state index in [1.54, 1.807) is 7.05 Å². The van der Waals surface area contributed by atoms with E-state index in [1.165, 1.54) is 0 Å². The second-order valence-corrected chi connectivity index (χ2v) is 5.14. The van der Waals surface area contributed by atoms with E-state index in [0.717, 1.165) is 19.3 Å². The van der Waals surface area contributed by atoms with Crippen molar-refractivity contribution in [2.45, 2.75) is 52.0 Å². The van der Waals surface area contributed by atoms with Gasteiger partial charge in [-0.2, -0.15) is 0 Å². The first-order valence-corrected chi connectivity index (χ1v) is 7.08. The number of ketones is 1. The van der Waals surface area contributed by atoms with Crippen LogP contribution >= 0.6 is 0 Å². The van der Waals surface area contributed by atoms with Crippen molar-refractivity contribution in [1.29, 1.82) is 0 Å². The summed E-state index contributed by atoms with van der Waals surface area (Å²) in [5, 5.41) is 14.1. The summed E-state index contributed by atoms with van der Waals surface area (Å²) in [6.07, 6.45) is 2.24. The second kappa shape index (κ2) is 10.4. The molecule has 0 aliphatic carbocycles. The number of rotatable bonds is 11. The van der Waals surface area contributed by atoms with Crippen LogP contribution in [0.15, 0.2) is 0 Å². The fourth-order valence-electron chi connectivity index (χ4n) is 1.84. The highest BCUT2D eigenvalue weighted by Crippen LogP contribution is 2.07. The summed E-state index contributed by atoms with van der Waals surface area (Å²) in [6, 6.07) is -0.127. The van der Waals surface area contributed by atoms with Crippen molar-refractivity contribution in [3.63, 3.8) is 0 Å². The Morgan fingerprint density at radius 2 is 1.75 bits per heavy atom. The summed E-state index contributed by atoms with van der Waals surface area (Å²) < 4.78 is 0. The highest BCUT2D eigenvalue weighted by Gasteiger charge is 2.18. The predicted octanol–water partition coefficient (Wildman–Crippen LogP) is 0.951. The quantitative estimate of drug-likeness (QED) is 0.491. The van der Waals surface area contributed by atoms with Gasteiger partial charge in [-0.25, -0.2) is 0 Å². The lowest BCUT2D eigenvalue weighted by molar-refractivity contribution is -0.138. The van der Waals surface area contributed by atoms with Gasteiger partial charge in [0.1, 0.15) is 0 Å². The monoisotopic (exact) mass is 286 g/mol. The van der Waals surface area contributed by atoms with E-state index in [1.807, 2.05) is 13.8 Å². The van der Waals surface area contributed by atoms with Gasteiger partial charge in [-0.1, -0.05) is 13.8 Å². The average molecular weight is 286 g/mol. The summed E-state index contributed by atoms with van der Waals surface area (Å²) in [4.78, 5) is 33.4.